The SMILES string of the molecule is COc1ccc(-c2cnn3c(SCC(=O)NCc4ccc5c(c4)OCO5)cc(C)nc23)cc1OC. The zero-order valence-corrected chi connectivity index (χ0v) is 20.3. The first-order chi connectivity index (χ1) is 17.1. The van der Waals surface area contributed by atoms with Gasteiger partial charge in [0.05, 0.1) is 26.2 Å². The Labute approximate surface area is 206 Å². The van der Waals surface area contributed by atoms with E-state index in [-0.39, 0.29) is 18.5 Å². The lowest BCUT2D eigenvalue weighted by atomic mass is 10.1. The van der Waals surface area contributed by atoms with Gasteiger partial charge in [-0.05, 0) is 48.4 Å². The fourth-order valence-corrected chi connectivity index (χ4v) is 4.69. The van der Waals surface area contributed by atoms with Crippen LogP contribution in [0.25, 0.3) is 16.8 Å². The molecule has 10 heteroatoms. The normalized spacial score (nSPS) is 12.1. The Morgan fingerprint density at radius 2 is 1.91 bits per heavy atom. The number of aryl methyl sites for hydroxylation is 1. The lowest BCUT2D eigenvalue weighted by Gasteiger charge is -2.10. The van der Waals surface area contributed by atoms with E-state index in [0.29, 0.717) is 29.4 Å². The van der Waals surface area contributed by atoms with Crippen LogP contribution < -0.4 is 24.3 Å². The predicted molar refractivity (Wildman–Crippen MR) is 131 cm³/mol. The number of nitrogens with zero attached hydrogens (tertiary/aromatic N) is 3. The summed E-state index contributed by atoms with van der Waals surface area (Å²) in [5.41, 5.74) is 4.27. The van der Waals surface area contributed by atoms with Gasteiger partial charge in [-0.2, -0.15) is 5.10 Å². The summed E-state index contributed by atoms with van der Waals surface area (Å²) in [6, 6.07) is 13.3. The molecule has 0 atom stereocenters. The van der Waals surface area contributed by atoms with Crippen LogP contribution >= 0.6 is 11.8 Å². The van der Waals surface area contributed by atoms with Gasteiger partial charge in [-0.25, -0.2) is 9.50 Å². The highest BCUT2D eigenvalue weighted by Crippen LogP contribution is 2.35. The molecule has 0 fully saturated rings. The molecular formula is C25H24N4O5S. The highest BCUT2D eigenvalue weighted by Gasteiger charge is 2.16. The second-order valence-corrected chi connectivity index (χ2v) is 8.85. The number of ether oxygens (including phenoxy) is 4. The smallest absolute Gasteiger partial charge is 0.231 e. The number of benzene rings is 2. The molecule has 3 heterocycles. The number of aromatic nitrogens is 3. The maximum absolute atomic E-state index is 12.5. The van der Waals surface area contributed by atoms with E-state index < -0.39 is 0 Å². The lowest BCUT2D eigenvalue weighted by molar-refractivity contribution is -0.118. The van der Waals surface area contributed by atoms with Crippen molar-refractivity contribution in [1.82, 2.24) is 19.9 Å². The van der Waals surface area contributed by atoms with E-state index in [9.17, 15) is 4.79 Å². The second kappa shape index (κ2) is 9.75. The number of nitrogens with one attached hydrogen (secondary N) is 1. The van der Waals surface area contributed by atoms with Crippen molar-refractivity contribution in [3.05, 3.63) is 59.9 Å². The monoisotopic (exact) mass is 492 g/mol. The average molecular weight is 493 g/mol. The van der Waals surface area contributed by atoms with E-state index in [1.807, 2.05) is 49.4 Å². The van der Waals surface area contributed by atoms with Gasteiger partial charge >= 0.3 is 0 Å². The number of carbonyl (C=O) groups is 1. The molecule has 4 aromatic rings. The third kappa shape index (κ3) is 4.69. The largest absolute Gasteiger partial charge is 0.493 e. The summed E-state index contributed by atoms with van der Waals surface area (Å²) in [6.07, 6.45) is 1.77. The van der Waals surface area contributed by atoms with Gasteiger partial charge in [0.25, 0.3) is 0 Å². The number of methoxy groups -OCH3 is 2. The molecule has 5 rings (SSSR count). The van der Waals surface area contributed by atoms with Crippen LogP contribution in [-0.2, 0) is 11.3 Å². The minimum Gasteiger partial charge on any atom is -0.493 e. The summed E-state index contributed by atoms with van der Waals surface area (Å²) in [4.78, 5) is 17.2. The van der Waals surface area contributed by atoms with Crippen LogP contribution in [0, 0.1) is 6.92 Å². The van der Waals surface area contributed by atoms with E-state index >= 15 is 0 Å². The molecule has 1 aliphatic rings. The van der Waals surface area contributed by atoms with Crippen LogP contribution in [0.2, 0.25) is 0 Å². The van der Waals surface area contributed by atoms with Gasteiger partial charge in [0.15, 0.2) is 28.6 Å². The van der Waals surface area contributed by atoms with Crippen molar-refractivity contribution >= 4 is 23.3 Å². The van der Waals surface area contributed by atoms with E-state index in [1.165, 1.54) is 11.8 Å². The molecule has 9 nitrogen and oxygen atoms in total. The van der Waals surface area contributed by atoms with Crippen LogP contribution in [0.15, 0.2) is 53.7 Å². The van der Waals surface area contributed by atoms with Crippen LogP contribution in [0.5, 0.6) is 23.0 Å². The molecule has 35 heavy (non-hydrogen) atoms. The van der Waals surface area contributed by atoms with Gasteiger partial charge in [-0.15, -0.1) is 0 Å². The Kier molecular flexibility index (Phi) is 6.37. The number of hydrogen-bond donors (Lipinski definition) is 1. The van der Waals surface area contributed by atoms with Crippen LogP contribution in [0.4, 0.5) is 0 Å². The van der Waals surface area contributed by atoms with Crippen LogP contribution in [0.3, 0.4) is 0 Å². The third-order valence-corrected chi connectivity index (χ3v) is 6.53. The Balaban J connectivity index is 1.30. The minimum atomic E-state index is -0.0810. The first-order valence-electron chi connectivity index (χ1n) is 10.9. The molecular weight excluding hydrogens is 468 g/mol. The van der Waals surface area contributed by atoms with Crippen molar-refractivity contribution in [3.63, 3.8) is 0 Å². The first-order valence-corrected chi connectivity index (χ1v) is 11.9. The predicted octanol–water partition coefficient (Wildman–Crippen LogP) is 3.86. The standard InChI is InChI=1S/C25H24N4O5S/c1-15-8-24(35-13-23(30)26-11-16-4-6-20-22(9-16)34-14-33-20)29-25(28-15)18(12-27-29)17-5-7-19(31-2)21(10-17)32-3/h4-10,12H,11,13-14H2,1-3H3,(H,26,30). The Bertz CT molecular complexity index is 1400. The van der Waals surface area contributed by atoms with Crippen molar-refractivity contribution in [2.45, 2.75) is 18.5 Å². The van der Waals surface area contributed by atoms with Gasteiger partial charge in [0, 0.05) is 17.8 Å². The molecule has 0 bridgehead atoms. The first kappa shape index (κ1) is 22.9. The fraction of sp³-hybridized carbons (Fsp3) is 0.240. The number of amides is 1. The molecule has 0 saturated carbocycles. The topological polar surface area (TPSA) is 96.2 Å². The molecule has 0 aliphatic carbocycles. The van der Waals surface area contributed by atoms with E-state index in [1.54, 1.807) is 24.9 Å². The van der Waals surface area contributed by atoms with Gasteiger partial charge in [0.1, 0.15) is 5.03 Å². The highest BCUT2D eigenvalue weighted by atomic mass is 32.2. The summed E-state index contributed by atoms with van der Waals surface area (Å²) in [5.74, 6) is 2.87. The number of thioether (sulfide) groups is 1. The maximum Gasteiger partial charge on any atom is 0.231 e. The minimum absolute atomic E-state index is 0.0810. The zero-order chi connectivity index (χ0) is 24.4. The lowest BCUT2D eigenvalue weighted by Crippen LogP contribution is -2.24. The summed E-state index contributed by atoms with van der Waals surface area (Å²) in [5, 5.41) is 8.32. The molecule has 0 radical (unpaired) electrons. The zero-order valence-electron chi connectivity index (χ0n) is 19.5. The molecule has 0 unspecified atom stereocenters. The van der Waals surface area contributed by atoms with Crippen molar-refractivity contribution < 1.29 is 23.7 Å². The summed E-state index contributed by atoms with van der Waals surface area (Å²) in [7, 11) is 3.21. The molecule has 0 spiro atoms. The molecule has 180 valence electrons. The van der Waals surface area contributed by atoms with Crippen molar-refractivity contribution in [2.75, 3.05) is 26.8 Å². The quantitative estimate of drug-likeness (QED) is 0.293. The maximum atomic E-state index is 12.5. The van der Waals surface area contributed by atoms with E-state index in [4.69, 9.17) is 23.9 Å². The third-order valence-electron chi connectivity index (χ3n) is 5.54. The Morgan fingerprint density at radius 3 is 2.74 bits per heavy atom. The highest BCUT2D eigenvalue weighted by molar-refractivity contribution is 7.99. The van der Waals surface area contributed by atoms with Crippen molar-refractivity contribution in [1.29, 1.82) is 0 Å². The van der Waals surface area contributed by atoms with Crippen molar-refractivity contribution in [3.8, 4) is 34.1 Å². The molecule has 1 amide bonds. The molecule has 2 aromatic heterocycles. The summed E-state index contributed by atoms with van der Waals surface area (Å²) < 4.78 is 23.3. The van der Waals surface area contributed by atoms with Gasteiger partial charge < -0.3 is 24.3 Å². The molecule has 2 aromatic carbocycles. The second-order valence-electron chi connectivity index (χ2n) is 7.85. The fourth-order valence-electron chi connectivity index (χ4n) is 3.80. The number of rotatable bonds is 8. The number of carbonyl (C=O) groups excluding carboxylic acids is 1. The van der Waals surface area contributed by atoms with Gasteiger partial charge in [-0.1, -0.05) is 23.9 Å². The summed E-state index contributed by atoms with van der Waals surface area (Å²) >= 11 is 1.41. The Morgan fingerprint density at radius 1 is 1.09 bits per heavy atom. The average Bonchev–Trinajstić information content (AvgIpc) is 3.52. The molecule has 1 aliphatic heterocycles. The molecule has 0 saturated heterocycles. The van der Waals surface area contributed by atoms with Gasteiger partial charge in [0.2, 0.25) is 12.7 Å². The molecule has 1 N–H and O–H groups in total. The number of fused-ring (bicyclic) bond motifs is 2. The van der Waals surface area contributed by atoms with E-state index in [2.05, 4.69) is 10.4 Å². The van der Waals surface area contributed by atoms with Crippen molar-refractivity contribution in [2.24, 2.45) is 0 Å². The Hall–Kier alpha value is -3.92. The van der Waals surface area contributed by atoms with E-state index in [0.717, 1.165) is 33.2 Å². The van der Waals surface area contributed by atoms with Crippen LogP contribution in [0.1, 0.15) is 11.3 Å². The van der Waals surface area contributed by atoms with Gasteiger partial charge in [-0.3, -0.25) is 4.79 Å². The van der Waals surface area contributed by atoms with Crippen LogP contribution in [-0.4, -0.2) is 47.3 Å². The summed E-state index contributed by atoms with van der Waals surface area (Å²) in [6.45, 7) is 2.56. The number of hydrogen-bond acceptors (Lipinski definition) is 8.